The molecule has 0 fully saturated rings. The summed E-state index contributed by atoms with van der Waals surface area (Å²) in [5, 5.41) is 3.52. The number of nitrogens with zero attached hydrogens (tertiary/aromatic N) is 1. The summed E-state index contributed by atoms with van der Waals surface area (Å²) in [7, 11) is 0. The first-order valence-electron chi connectivity index (χ1n) is 8.41. The van der Waals surface area contributed by atoms with Crippen molar-refractivity contribution in [2.24, 2.45) is 0 Å². The predicted octanol–water partition coefficient (Wildman–Crippen LogP) is 4.06. The molecule has 0 saturated heterocycles. The summed E-state index contributed by atoms with van der Waals surface area (Å²) < 4.78 is 0. The summed E-state index contributed by atoms with van der Waals surface area (Å²) in [4.78, 5) is 30.8. The molecular weight excluding hydrogens is 334 g/mol. The molecule has 0 saturated carbocycles. The van der Waals surface area contributed by atoms with Crippen LogP contribution in [0.25, 0.3) is 0 Å². The lowest BCUT2D eigenvalue weighted by atomic mass is 9.92. The van der Waals surface area contributed by atoms with Gasteiger partial charge in [-0.05, 0) is 29.9 Å². The van der Waals surface area contributed by atoms with Gasteiger partial charge < -0.3 is 10.3 Å². The first kappa shape index (κ1) is 19.2. The van der Waals surface area contributed by atoms with Gasteiger partial charge in [-0.25, -0.2) is 4.98 Å². The number of hydrogen-bond donors (Lipinski definition) is 2. The second-order valence-corrected chi connectivity index (χ2v) is 7.61. The van der Waals surface area contributed by atoms with Crippen molar-refractivity contribution in [1.29, 1.82) is 0 Å². The van der Waals surface area contributed by atoms with Crippen molar-refractivity contribution in [3.05, 3.63) is 51.4 Å². The lowest BCUT2D eigenvalue weighted by Gasteiger charge is -2.20. The second kappa shape index (κ2) is 8.34. The topological polar surface area (TPSA) is 74.8 Å². The number of benzene rings is 1. The van der Waals surface area contributed by atoms with Crippen molar-refractivity contribution in [3.8, 4) is 0 Å². The van der Waals surface area contributed by atoms with Crippen LogP contribution in [0, 0.1) is 6.92 Å². The Morgan fingerprint density at radius 1 is 1.20 bits per heavy atom. The smallest absolute Gasteiger partial charge is 0.251 e. The predicted molar refractivity (Wildman–Crippen MR) is 104 cm³/mol. The van der Waals surface area contributed by atoms with Crippen molar-refractivity contribution in [2.75, 3.05) is 11.1 Å². The molecule has 0 spiro atoms. The van der Waals surface area contributed by atoms with Gasteiger partial charge in [0.1, 0.15) is 0 Å². The molecule has 0 aliphatic carbocycles. The van der Waals surface area contributed by atoms with E-state index in [4.69, 9.17) is 0 Å². The van der Waals surface area contributed by atoms with Crippen LogP contribution in [-0.2, 0) is 4.79 Å². The molecule has 5 nitrogen and oxygen atoms in total. The molecule has 1 aromatic heterocycles. The zero-order valence-corrected chi connectivity index (χ0v) is 16.2. The molecule has 134 valence electrons. The number of nitrogens with one attached hydrogen (secondary N) is 2. The van der Waals surface area contributed by atoms with Crippen molar-refractivity contribution in [1.82, 2.24) is 9.97 Å². The number of carbonyl (C=O) groups excluding carboxylic acids is 1. The maximum absolute atomic E-state index is 12.5. The number of H-pyrrole nitrogens is 1. The van der Waals surface area contributed by atoms with Gasteiger partial charge in [-0.15, -0.1) is 0 Å². The first-order valence-corrected chi connectivity index (χ1v) is 9.40. The first-order chi connectivity index (χ1) is 11.8. The fraction of sp³-hybridized carbons (Fsp3) is 0.421. The molecule has 0 radical (unpaired) electrons. The van der Waals surface area contributed by atoms with Gasteiger partial charge in [0, 0.05) is 17.4 Å². The number of carbonyl (C=O) groups is 1. The fourth-order valence-corrected chi connectivity index (χ4v) is 3.35. The Morgan fingerprint density at radius 2 is 1.80 bits per heavy atom. The van der Waals surface area contributed by atoms with Crippen molar-refractivity contribution < 1.29 is 4.79 Å². The molecule has 1 aromatic carbocycles. The third-order valence-corrected chi connectivity index (χ3v) is 4.70. The molecular formula is C19H25N3O2S. The van der Waals surface area contributed by atoms with Gasteiger partial charge in [-0.3, -0.25) is 9.59 Å². The molecule has 2 N–H and O–H groups in total. The standard InChI is InChI=1S/C19H25N3O2S/c1-11(2)14-7-6-8-15(12(3)4)18(14)21-17(24)10-25-19-20-13(5)9-16(23)22-19/h6-9,11-12H,10H2,1-5H3,(H,21,24)(H,20,22,23). The average Bonchev–Trinajstić information content (AvgIpc) is 2.51. The molecule has 6 heteroatoms. The molecule has 2 aromatic rings. The summed E-state index contributed by atoms with van der Waals surface area (Å²) in [6.07, 6.45) is 0. The van der Waals surface area contributed by atoms with Gasteiger partial charge >= 0.3 is 0 Å². The molecule has 0 unspecified atom stereocenters. The third kappa shape index (κ3) is 5.19. The third-order valence-electron chi connectivity index (χ3n) is 3.83. The monoisotopic (exact) mass is 359 g/mol. The number of aromatic amines is 1. The summed E-state index contributed by atoms with van der Waals surface area (Å²) in [6.45, 7) is 10.2. The van der Waals surface area contributed by atoms with Crippen molar-refractivity contribution >= 4 is 23.4 Å². The van der Waals surface area contributed by atoms with Crippen molar-refractivity contribution in [2.45, 2.75) is 51.6 Å². The number of amides is 1. The second-order valence-electron chi connectivity index (χ2n) is 6.65. The van der Waals surface area contributed by atoms with Crippen LogP contribution >= 0.6 is 11.8 Å². The zero-order valence-electron chi connectivity index (χ0n) is 15.3. The van der Waals surface area contributed by atoms with Crippen molar-refractivity contribution in [3.63, 3.8) is 0 Å². The quantitative estimate of drug-likeness (QED) is 0.602. The minimum atomic E-state index is -0.206. The Hall–Kier alpha value is -2.08. The van der Waals surface area contributed by atoms with E-state index < -0.39 is 0 Å². The highest BCUT2D eigenvalue weighted by Gasteiger charge is 2.16. The minimum Gasteiger partial charge on any atom is -0.325 e. The SMILES string of the molecule is Cc1cc(=O)[nH]c(SCC(=O)Nc2c(C(C)C)cccc2C(C)C)n1. The molecule has 0 atom stereocenters. The molecule has 1 amide bonds. The number of anilines is 1. The van der Waals surface area contributed by atoms with Gasteiger partial charge in [-0.1, -0.05) is 57.7 Å². The van der Waals surface area contributed by atoms with Crippen LogP contribution in [0.3, 0.4) is 0 Å². The van der Waals surface area contributed by atoms with Gasteiger partial charge in [0.2, 0.25) is 5.91 Å². The maximum Gasteiger partial charge on any atom is 0.251 e. The van der Waals surface area contributed by atoms with E-state index in [9.17, 15) is 9.59 Å². The molecule has 0 bridgehead atoms. The van der Waals surface area contributed by atoms with Crippen LogP contribution in [0.15, 0.2) is 34.2 Å². The summed E-state index contributed by atoms with van der Waals surface area (Å²) in [5.41, 5.74) is 3.60. The molecule has 0 aliphatic heterocycles. The van der Waals surface area contributed by atoms with E-state index in [1.807, 2.05) is 6.07 Å². The zero-order chi connectivity index (χ0) is 18.6. The van der Waals surface area contributed by atoms with E-state index in [1.54, 1.807) is 6.92 Å². The van der Waals surface area contributed by atoms with Gasteiger partial charge in [0.05, 0.1) is 5.75 Å². The Kier molecular flexibility index (Phi) is 6.42. The highest BCUT2D eigenvalue weighted by molar-refractivity contribution is 7.99. The van der Waals surface area contributed by atoms with Crippen LogP contribution in [0.2, 0.25) is 0 Å². The van der Waals surface area contributed by atoms with E-state index >= 15 is 0 Å². The van der Waals surface area contributed by atoms with Crippen LogP contribution in [0.5, 0.6) is 0 Å². The number of rotatable bonds is 6. The Balaban J connectivity index is 2.16. The summed E-state index contributed by atoms with van der Waals surface area (Å²) in [6, 6.07) is 7.58. The molecule has 0 aliphatic rings. The van der Waals surface area contributed by atoms with E-state index in [-0.39, 0.29) is 17.2 Å². The normalized spacial score (nSPS) is 11.2. The lowest BCUT2D eigenvalue weighted by Crippen LogP contribution is -2.18. The van der Waals surface area contributed by atoms with Crippen LogP contribution in [-0.4, -0.2) is 21.6 Å². The van der Waals surface area contributed by atoms with Crippen LogP contribution in [0.1, 0.15) is 56.4 Å². The number of aryl methyl sites for hydroxylation is 1. The van der Waals surface area contributed by atoms with Crippen LogP contribution in [0.4, 0.5) is 5.69 Å². The van der Waals surface area contributed by atoms with E-state index in [1.165, 1.54) is 17.8 Å². The summed E-state index contributed by atoms with van der Waals surface area (Å²) >= 11 is 1.23. The Labute approximate surface area is 152 Å². The van der Waals surface area contributed by atoms with E-state index in [0.717, 1.165) is 16.8 Å². The molecule has 2 rings (SSSR count). The number of hydrogen-bond acceptors (Lipinski definition) is 4. The minimum absolute atomic E-state index is 0.107. The fourth-order valence-electron chi connectivity index (χ4n) is 2.62. The number of thioether (sulfide) groups is 1. The highest BCUT2D eigenvalue weighted by Crippen LogP contribution is 2.32. The number of aromatic nitrogens is 2. The van der Waals surface area contributed by atoms with E-state index in [2.05, 4.69) is 55.1 Å². The Bertz CT molecular complexity index is 786. The van der Waals surface area contributed by atoms with Gasteiger partial charge in [-0.2, -0.15) is 0 Å². The largest absolute Gasteiger partial charge is 0.325 e. The summed E-state index contributed by atoms with van der Waals surface area (Å²) in [5.74, 6) is 0.716. The number of para-hydroxylation sites is 1. The highest BCUT2D eigenvalue weighted by atomic mass is 32.2. The Morgan fingerprint density at radius 3 is 2.32 bits per heavy atom. The average molecular weight is 359 g/mol. The van der Waals surface area contributed by atoms with Gasteiger partial charge in [0.25, 0.3) is 5.56 Å². The van der Waals surface area contributed by atoms with Crippen LogP contribution < -0.4 is 10.9 Å². The lowest BCUT2D eigenvalue weighted by molar-refractivity contribution is -0.113. The molecule has 1 heterocycles. The molecule has 25 heavy (non-hydrogen) atoms. The maximum atomic E-state index is 12.5. The van der Waals surface area contributed by atoms with E-state index in [0.29, 0.717) is 22.7 Å². The van der Waals surface area contributed by atoms with Gasteiger partial charge in [0.15, 0.2) is 5.16 Å².